The standard InChI is InChI=1S/C8H13N3O2/c1-8(2,3)13-7-5(9)6(12)10-4-11-7/h4H,9H2,1-3H3,(H,10,11,12). The maximum Gasteiger partial charge on any atom is 0.277 e. The van der Waals surface area contributed by atoms with Crippen LogP contribution in [0.15, 0.2) is 11.1 Å². The van der Waals surface area contributed by atoms with Crippen molar-refractivity contribution in [2.45, 2.75) is 26.4 Å². The van der Waals surface area contributed by atoms with Gasteiger partial charge in [0, 0.05) is 0 Å². The van der Waals surface area contributed by atoms with Gasteiger partial charge in [-0.3, -0.25) is 4.79 Å². The Hall–Kier alpha value is -1.52. The van der Waals surface area contributed by atoms with Crippen molar-refractivity contribution >= 4 is 5.69 Å². The van der Waals surface area contributed by atoms with E-state index in [-0.39, 0.29) is 17.1 Å². The van der Waals surface area contributed by atoms with Gasteiger partial charge >= 0.3 is 0 Å². The fourth-order valence-electron chi connectivity index (χ4n) is 0.765. The zero-order chi connectivity index (χ0) is 10.1. The molecule has 1 rings (SSSR count). The van der Waals surface area contributed by atoms with Gasteiger partial charge in [-0.15, -0.1) is 0 Å². The summed E-state index contributed by atoms with van der Waals surface area (Å²) in [7, 11) is 0. The maximum atomic E-state index is 11.0. The monoisotopic (exact) mass is 183 g/mol. The number of nitrogens with one attached hydrogen (secondary N) is 1. The lowest BCUT2D eigenvalue weighted by atomic mass is 10.2. The third-order valence-electron chi connectivity index (χ3n) is 1.26. The van der Waals surface area contributed by atoms with Crippen molar-refractivity contribution in [3.05, 3.63) is 16.7 Å². The highest BCUT2D eigenvalue weighted by Crippen LogP contribution is 2.17. The largest absolute Gasteiger partial charge is 0.470 e. The average Bonchev–Trinajstić information content (AvgIpc) is 1.96. The van der Waals surface area contributed by atoms with E-state index in [0.29, 0.717) is 0 Å². The molecule has 5 heteroatoms. The van der Waals surface area contributed by atoms with Crippen molar-refractivity contribution in [1.29, 1.82) is 0 Å². The number of hydrogen-bond donors (Lipinski definition) is 2. The smallest absolute Gasteiger partial charge is 0.277 e. The normalized spacial score (nSPS) is 11.3. The maximum absolute atomic E-state index is 11.0. The van der Waals surface area contributed by atoms with Crippen LogP contribution in [0.2, 0.25) is 0 Å². The molecule has 1 aromatic heterocycles. The first-order chi connectivity index (χ1) is 5.90. The number of H-pyrrole nitrogens is 1. The van der Waals surface area contributed by atoms with Crippen LogP contribution in [-0.2, 0) is 0 Å². The van der Waals surface area contributed by atoms with E-state index in [1.54, 1.807) is 0 Å². The van der Waals surface area contributed by atoms with E-state index in [1.807, 2.05) is 20.8 Å². The second kappa shape index (κ2) is 3.08. The number of aromatic amines is 1. The molecule has 0 aromatic carbocycles. The van der Waals surface area contributed by atoms with Gasteiger partial charge in [-0.1, -0.05) is 0 Å². The quantitative estimate of drug-likeness (QED) is 0.665. The van der Waals surface area contributed by atoms with Gasteiger partial charge in [-0.2, -0.15) is 0 Å². The predicted molar refractivity (Wildman–Crippen MR) is 49.7 cm³/mol. The number of nitrogens with zero attached hydrogens (tertiary/aromatic N) is 1. The number of anilines is 1. The molecule has 0 saturated carbocycles. The highest BCUT2D eigenvalue weighted by Gasteiger charge is 2.15. The molecule has 0 atom stereocenters. The molecule has 0 bridgehead atoms. The van der Waals surface area contributed by atoms with Crippen LogP contribution < -0.4 is 16.0 Å². The van der Waals surface area contributed by atoms with Crippen LogP contribution in [0.3, 0.4) is 0 Å². The third-order valence-corrected chi connectivity index (χ3v) is 1.26. The SMILES string of the molecule is CC(C)(C)Oc1nc[nH]c(=O)c1N. The summed E-state index contributed by atoms with van der Waals surface area (Å²) in [5.74, 6) is 0.177. The highest BCUT2D eigenvalue weighted by atomic mass is 16.5. The summed E-state index contributed by atoms with van der Waals surface area (Å²) in [5.41, 5.74) is 4.68. The zero-order valence-corrected chi connectivity index (χ0v) is 7.92. The Morgan fingerprint density at radius 1 is 1.54 bits per heavy atom. The first-order valence-electron chi connectivity index (χ1n) is 3.92. The molecule has 0 spiro atoms. The predicted octanol–water partition coefficient (Wildman–Crippen LogP) is 0.529. The summed E-state index contributed by atoms with van der Waals surface area (Å²) >= 11 is 0. The van der Waals surface area contributed by atoms with Crippen molar-refractivity contribution in [3.63, 3.8) is 0 Å². The Morgan fingerprint density at radius 3 is 2.69 bits per heavy atom. The molecule has 0 saturated heterocycles. The molecule has 0 unspecified atom stereocenters. The van der Waals surface area contributed by atoms with Gasteiger partial charge in [-0.05, 0) is 20.8 Å². The van der Waals surface area contributed by atoms with E-state index in [0.717, 1.165) is 0 Å². The molecular weight excluding hydrogens is 170 g/mol. The lowest BCUT2D eigenvalue weighted by Crippen LogP contribution is -2.26. The van der Waals surface area contributed by atoms with Crippen molar-refractivity contribution < 1.29 is 4.74 Å². The van der Waals surface area contributed by atoms with Gasteiger partial charge < -0.3 is 15.5 Å². The summed E-state index contributed by atoms with van der Waals surface area (Å²) < 4.78 is 5.36. The Bertz CT molecular complexity index is 351. The van der Waals surface area contributed by atoms with Crippen LogP contribution in [0, 0.1) is 0 Å². The molecule has 1 heterocycles. The van der Waals surface area contributed by atoms with Gasteiger partial charge in [0.15, 0.2) is 5.69 Å². The Balaban J connectivity index is 3.03. The molecule has 1 aromatic rings. The molecule has 5 nitrogen and oxygen atoms in total. The molecule has 0 fully saturated rings. The van der Waals surface area contributed by atoms with E-state index in [9.17, 15) is 4.79 Å². The van der Waals surface area contributed by atoms with Crippen molar-refractivity contribution in [1.82, 2.24) is 9.97 Å². The van der Waals surface area contributed by atoms with E-state index in [4.69, 9.17) is 10.5 Å². The number of nitrogen functional groups attached to an aromatic ring is 1. The van der Waals surface area contributed by atoms with Crippen LogP contribution in [0.5, 0.6) is 5.88 Å². The van der Waals surface area contributed by atoms with Crippen LogP contribution in [0.4, 0.5) is 5.69 Å². The molecule has 0 radical (unpaired) electrons. The lowest BCUT2D eigenvalue weighted by molar-refractivity contribution is 0.125. The van der Waals surface area contributed by atoms with Crippen LogP contribution in [0.1, 0.15) is 20.8 Å². The first-order valence-corrected chi connectivity index (χ1v) is 3.92. The lowest BCUT2D eigenvalue weighted by Gasteiger charge is -2.20. The summed E-state index contributed by atoms with van der Waals surface area (Å²) in [4.78, 5) is 17.2. The van der Waals surface area contributed by atoms with Gasteiger partial charge in [0.05, 0.1) is 6.33 Å². The van der Waals surface area contributed by atoms with Crippen molar-refractivity contribution in [2.75, 3.05) is 5.73 Å². The molecule has 0 amide bonds. The van der Waals surface area contributed by atoms with Crippen molar-refractivity contribution in [2.24, 2.45) is 0 Å². The van der Waals surface area contributed by atoms with Gasteiger partial charge in [0.2, 0.25) is 5.88 Å². The average molecular weight is 183 g/mol. The highest BCUT2D eigenvalue weighted by molar-refractivity contribution is 5.44. The van der Waals surface area contributed by atoms with E-state index in [1.165, 1.54) is 6.33 Å². The second-order valence-corrected chi connectivity index (χ2v) is 3.66. The number of ether oxygens (including phenoxy) is 1. The summed E-state index contributed by atoms with van der Waals surface area (Å²) in [6.45, 7) is 5.57. The fraction of sp³-hybridized carbons (Fsp3) is 0.500. The molecule has 72 valence electrons. The number of rotatable bonds is 1. The van der Waals surface area contributed by atoms with E-state index >= 15 is 0 Å². The second-order valence-electron chi connectivity index (χ2n) is 3.66. The van der Waals surface area contributed by atoms with E-state index < -0.39 is 5.60 Å². The minimum absolute atomic E-state index is 0.0115. The van der Waals surface area contributed by atoms with Crippen LogP contribution in [-0.4, -0.2) is 15.6 Å². The summed E-state index contributed by atoms with van der Waals surface area (Å²) in [6.07, 6.45) is 1.26. The fourth-order valence-corrected chi connectivity index (χ4v) is 0.765. The molecule has 0 aliphatic heterocycles. The van der Waals surface area contributed by atoms with Crippen LogP contribution >= 0.6 is 0 Å². The van der Waals surface area contributed by atoms with E-state index in [2.05, 4.69) is 9.97 Å². The van der Waals surface area contributed by atoms with Crippen LogP contribution in [0.25, 0.3) is 0 Å². The number of hydrogen-bond acceptors (Lipinski definition) is 4. The number of nitrogens with two attached hydrogens (primary N) is 1. The Kier molecular flexibility index (Phi) is 2.27. The van der Waals surface area contributed by atoms with Gasteiger partial charge in [-0.25, -0.2) is 4.98 Å². The molecular formula is C8H13N3O2. The summed E-state index contributed by atoms with van der Waals surface area (Å²) in [5, 5.41) is 0. The molecule has 3 N–H and O–H groups in total. The molecule has 0 aliphatic rings. The minimum Gasteiger partial charge on any atom is -0.470 e. The third kappa shape index (κ3) is 2.47. The zero-order valence-electron chi connectivity index (χ0n) is 7.92. The summed E-state index contributed by atoms with van der Waals surface area (Å²) in [6, 6.07) is 0. The Morgan fingerprint density at radius 2 is 2.15 bits per heavy atom. The van der Waals surface area contributed by atoms with Gasteiger partial charge in [0.1, 0.15) is 5.60 Å². The topological polar surface area (TPSA) is 81.0 Å². The first kappa shape index (κ1) is 9.57. The minimum atomic E-state index is -0.408. The molecule has 0 aliphatic carbocycles. The van der Waals surface area contributed by atoms with Gasteiger partial charge in [0.25, 0.3) is 5.56 Å². The van der Waals surface area contributed by atoms with Crippen molar-refractivity contribution in [3.8, 4) is 5.88 Å². The Labute approximate surface area is 75.9 Å². The number of aromatic nitrogens is 2. The molecule has 13 heavy (non-hydrogen) atoms.